The number of carbonyl (C=O) groups is 2. The molecule has 0 N–H and O–H groups in total. The molecule has 2 aliphatic heterocycles. The van der Waals surface area contributed by atoms with Gasteiger partial charge in [-0.15, -0.1) is 0 Å². The molecule has 4 aromatic rings. The van der Waals surface area contributed by atoms with E-state index in [0.717, 1.165) is 22.3 Å². The second-order valence-electron chi connectivity index (χ2n) is 11.1. The van der Waals surface area contributed by atoms with Gasteiger partial charge in [-0.2, -0.15) is 0 Å². The van der Waals surface area contributed by atoms with Gasteiger partial charge in [-0.05, 0) is 69.8 Å². The third kappa shape index (κ3) is 4.51. The van der Waals surface area contributed by atoms with E-state index < -0.39 is 28.3 Å². The Labute approximate surface area is 284 Å². The van der Waals surface area contributed by atoms with Crippen LogP contribution in [0.4, 0.5) is 11.4 Å². The van der Waals surface area contributed by atoms with Gasteiger partial charge in [0.2, 0.25) is 0 Å². The molecule has 1 spiro atoms. The van der Waals surface area contributed by atoms with Gasteiger partial charge in [0.15, 0.2) is 0 Å². The molecule has 47 heavy (non-hydrogen) atoms. The van der Waals surface area contributed by atoms with Gasteiger partial charge < -0.3 is 14.4 Å². The van der Waals surface area contributed by atoms with Crippen LogP contribution in [0.15, 0.2) is 102 Å². The minimum atomic E-state index is -1.32. The van der Waals surface area contributed by atoms with E-state index in [-0.39, 0.29) is 22.0 Å². The fourth-order valence-corrected chi connectivity index (χ4v) is 7.63. The van der Waals surface area contributed by atoms with Crippen LogP contribution in [-0.4, -0.2) is 37.1 Å². The molecule has 4 aromatic carbocycles. The van der Waals surface area contributed by atoms with Crippen LogP contribution in [0.2, 0.25) is 15.1 Å². The van der Waals surface area contributed by atoms with Crippen LogP contribution in [0.25, 0.3) is 22.8 Å². The highest BCUT2D eigenvalue weighted by atomic mass is 35.5. The highest BCUT2D eigenvalue weighted by Crippen LogP contribution is 2.63. The van der Waals surface area contributed by atoms with E-state index in [1.54, 1.807) is 24.3 Å². The molecule has 0 radical (unpaired) electrons. The van der Waals surface area contributed by atoms with Crippen LogP contribution in [0.3, 0.4) is 0 Å². The van der Waals surface area contributed by atoms with Crippen molar-refractivity contribution in [2.45, 2.75) is 11.5 Å². The van der Waals surface area contributed by atoms with Crippen LogP contribution in [0.1, 0.15) is 22.3 Å². The number of carbonyl (C=O) groups excluding carboxylic acids is 2. The fraction of sp³-hybridized carbons (Fsp3) is 0.111. The summed E-state index contributed by atoms with van der Waals surface area (Å²) in [5, 5.41) is 12.5. The molecular formula is C36H23Cl3N2O6. The number of anilines is 1. The Balaban J connectivity index is 1.56. The van der Waals surface area contributed by atoms with Crippen molar-refractivity contribution >= 4 is 69.8 Å². The Morgan fingerprint density at radius 2 is 1.47 bits per heavy atom. The number of allylic oxidation sites excluding steroid dienone is 2. The maximum Gasteiger partial charge on any atom is 0.355 e. The number of hydrogen-bond donors (Lipinski definition) is 0. The van der Waals surface area contributed by atoms with Gasteiger partial charge in [0.1, 0.15) is 10.7 Å². The first-order valence-corrected chi connectivity index (χ1v) is 15.5. The average molecular weight is 686 g/mol. The molecule has 1 atom stereocenters. The topological polar surface area (TPSA) is 99.0 Å². The number of rotatable bonds is 5. The summed E-state index contributed by atoms with van der Waals surface area (Å²) in [6, 6.07) is 22.3. The predicted molar refractivity (Wildman–Crippen MR) is 182 cm³/mol. The Bertz CT molecular complexity index is 2100. The minimum Gasteiger partial charge on any atom is -0.466 e. The summed E-state index contributed by atoms with van der Waals surface area (Å²) in [4.78, 5) is 40.8. The van der Waals surface area contributed by atoms with Crippen LogP contribution in [-0.2, 0) is 24.5 Å². The first kappa shape index (κ1) is 30.7. The molecule has 1 unspecified atom stereocenters. The number of halogens is 3. The highest BCUT2D eigenvalue weighted by Gasteiger charge is 2.63. The van der Waals surface area contributed by atoms with Crippen LogP contribution in [0.5, 0.6) is 0 Å². The summed E-state index contributed by atoms with van der Waals surface area (Å²) < 4.78 is 10.7. The zero-order chi connectivity index (χ0) is 33.2. The van der Waals surface area contributed by atoms with Crippen molar-refractivity contribution in [1.82, 2.24) is 0 Å². The van der Waals surface area contributed by atoms with Gasteiger partial charge in [0.05, 0.1) is 36.2 Å². The number of benzene rings is 4. The van der Waals surface area contributed by atoms with E-state index in [1.165, 1.54) is 26.4 Å². The standard InChI is InChI=1S/C36H23Cl3N2O6/c1-46-34(42)32-33(35(43)47-2)40-29-6-4-3-5-23(29)20(9-7-19-8-14-28(39)30(15-19)41(44)45)16-31(40)36(32)26-17-21(37)10-12-24(26)25-13-11-22(38)18-27(25)36/h3-18,31H,1-2H3/b9-7+. The predicted octanol–water partition coefficient (Wildman–Crippen LogP) is 8.42. The van der Waals surface area contributed by atoms with Gasteiger partial charge >= 0.3 is 11.9 Å². The third-order valence-corrected chi connectivity index (χ3v) is 9.69. The number of para-hydroxylation sites is 1. The molecular weight excluding hydrogens is 663 g/mol. The van der Waals surface area contributed by atoms with Crippen LogP contribution < -0.4 is 4.90 Å². The molecule has 7 rings (SSSR count). The number of nitro benzene ring substituents is 1. The van der Waals surface area contributed by atoms with Crippen molar-refractivity contribution in [2.75, 3.05) is 19.1 Å². The highest BCUT2D eigenvalue weighted by molar-refractivity contribution is 6.32. The number of fused-ring (bicyclic) bond motifs is 9. The number of methoxy groups -OCH3 is 2. The smallest absolute Gasteiger partial charge is 0.355 e. The van der Waals surface area contributed by atoms with E-state index in [9.17, 15) is 19.7 Å². The monoisotopic (exact) mass is 684 g/mol. The summed E-state index contributed by atoms with van der Waals surface area (Å²) >= 11 is 19.4. The van der Waals surface area contributed by atoms with Gasteiger partial charge in [-0.1, -0.05) is 89.4 Å². The second kappa shape index (κ2) is 11.4. The number of ether oxygens (including phenoxy) is 2. The lowest BCUT2D eigenvalue weighted by Gasteiger charge is -2.41. The molecule has 0 amide bonds. The molecule has 8 nitrogen and oxygen atoms in total. The summed E-state index contributed by atoms with van der Waals surface area (Å²) in [5.41, 5.74) is 4.33. The quantitative estimate of drug-likeness (QED) is 0.118. The summed E-state index contributed by atoms with van der Waals surface area (Å²) in [6.07, 6.45) is 5.57. The number of nitrogens with zero attached hydrogens (tertiary/aromatic N) is 2. The molecule has 0 fully saturated rings. The van der Waals surface area contributed by atoms with E-state index in [4.69, 9.17) is 44.3 Å². The van der Waals surface area contributed by atoms with Crippen molar-refractivity contribution in [3.63, 3.8) is 0 Å². The Morgan fingerprint density at radius 1 is 0.830 bits per heavy atom. The van der Waals surface area contributed by atoms with Gasteiger partial charge in [0, 0.05) is 27.4 Å². The largest absolute Gasteiger partial charge is 0.466 e. The lowest BCUT2D eigenvalue weighted by atomic mass is 9.67. The summed E-state index contributed by atoms with van der Waals surface area (Å²) in [6.45, 7) is 0. The zero-order valence-corrected chi connectivity index (χ0v) is 27.1. The maximum atomic E-state index is 14.1. The van der Waals surface area contributed by atoms with Gasteiger partial charge in [-0.25, -0.2) is 9.59 Å². The molecule has 234 valence electrons. The number of nitro groups is 1. The van der Waals surface area contributed by atoms with Crippen molar-refractivity contribution in [1.29, 1.82) is 0 Å². The average Bonchev–Trinajstić information content (AvgIpc) is 3.53. The molecule has 1 aliphatic carbocycles. The van der Waals surface area contributed by atoms with E-state index in [2.05, 4.69) is 0 Å². The summed E-state index contributed by atoms with van der Waals surface area (Å²) in [5.74, 6) is -1.43. The van der Waals surface area contributed by atoms with Crippen molar-refractivity contribution in [3.8, 4) is 11.1 Å². The van der Waals surface area contributed by atoms with Crippen molar-refractivity contribution < 1.29 is 24.0 Å². The molecule has 0 aromatic heterocycles. The fourth-order valence-electron chi connectivity index (χ4n) is 7.10. The van der Waals surface area contributed by atoms with Gasteiger partial charge in [-0.3, -0.25) is 10.1 Å². The van der Waals surface area contributed by atoms with Crippen molar-refractivity contribution in [3.05, 3.63) is 150 Å². The number of esters is 2. The van der Waals surface area contributed by atoms with Crippen LogP contribution >= 0.6 is 34.8 Å². The lowest BCUT2D eigenvalue weighted by molar-refractivity contribution is -0.384. The Hall–Kier alpha value is -4.89. The normalized spacial score (nSPS) is 16.8. The van der Waals surface area contributed by atoms with Gasteiger partial charge in [0.25, 0.3) is 5.69 Å². The molecule has 3 aliphatic rings. The van der Waals surface area contributed by atoms with Crippen molar-refractivity contribution in [2.24, 2.45) is 0 Å². The molecule has 2 heterocycles. The minimum absolute atomic E-state index is 0.0307. The lowest BCUT2D eigenvalue weighted by Crippen LogP contribution is -2.46. The first-order valence-electron chi connectivity index (χ1n) is 14.4. The SMILES string of the molecule is COC(=O)C1=C(C(=O)OC)C2(c3cc(Cl)ccc3-c3ccc(Cl)cc32)C2C=C(/C=C/c3ccc(Cl)c([N+](=O)[O-])c3)c3ccccc3N12. The maximum absolute atomic E-state index is 14.1. The van der Waals surface area contributed by atoms with E-state index in [1.807, 2.05) is 65.6 Å². The third-order valence-electron chi connectivity index (χ3n) is 8.90. The van der Waals surface area contributed by atoms with E-state index in [0.29, 0.717) is 32.4 Å². The number of hydrogen-bond acceptors (Lipinski definition) is 7. The first-order chi connectivity index (χ1) is 22.6. The van der Waals surface area contributed by atoms with E-state index >= 15 is 0 Å². The molecule has 0 bridgehead atoms. The molecule has 11 heteroatoms. The molecule has 0 saturated heterocycles. The zero-order valence-electron chi connectivity index (χ0n) is 24.8. The molecule has 0 saturated carbocycles. The second-order valence-corrected chi connectivity index (χ2v) is 12.4. The summed E-state index contributed by atoms with van der Waals surface area (Å²) in [7, 11) is 2.53. The Kier molecular flexibility index (Phi) is 7.47. The van der Waals surface area contributed by atoms with Crippen LogP contribution in [0, 0.1) is 10.1 Å². The Morgan fingerprint density at radius 3 is 2.09 bits per heavy atom.